The molecule has 5 nitrogen and oxygen atoms in total. The van der Waals surface area contributed by atoms with Crippen molar-refractivity contribution in [3.8, 4) is 5.88 Å². The number of hydrogen-bond donors (Lipinski definition) is 2. The summed E-state index contributed by atoms with van der Waals surface area (Å²) in [6.45, 7) is 9.11. The first-order valence-electron chi connectivity index (χ1n) is 13.2. The number of pyridine rings is 1. The van der Waals surface area contributed by atoms with Gasteiger partial charge >= 0.3 is 6.18 Å². The van der Waals surface area contributed by atoms with Crippen LogP contribution in [0.25, 0.3) is 17.0 Å². The van der Waals surface area contributed by atoms with Crippen LogP contribution in [0.3, 0.4) is 0 Å². The summed E-state index contributed by atoms with van der Waals surface area (Å²) < 4.78 is 61.5. The summed E-state index contributed by atoms with van der Waals surface area (Å²) in [6.07, 6.45) is -2.39. The zero-order valence-electron chi connectivity index (χ0n) is 23.4. The number of alkyl halides is 3. The van der Waals surface area contributed by atoms with E-state index in [1.54, 1.807) is 48.5 Å². The van der Waals surface area contributed by atoms with E-state index in [9.17, 15) is 17.6 Å². The lowest BCUT2D eigenvalue weighted by atomic mass is 9.87. The van der Waals surface area contributed by atoms with Crippen LogP contribution in [-0.4, -0.2) is 49.9 Å². The van der Waals surface area contributed by atoms with Gasteiger partial charge in [0.2, 0.25) is 5.88 Å². The van der Waals surface area contributed by atoms with E-state index >= 15 is 0 Å². The van der Waals surface area contributed by atoms with Gasteiger partial charge in [0.1, 0.15) is 12.4 Å². The van der Waals surface area contributed by atoms with Gasteiger partial charge in [-0.25, -0.2) is 9.37 Å². The lowest BCUT2D eigenvalue weighted by Crippen LogP contribution is -2.23. The fourth-order valence-corrected chi connectivity index (χ4v) is 4.24. The predicted molar refractivity (Wildman–Crippen MR) is 159 cm³/mol. The van der Waals surface area contributed by atoms with Crippen LogP contribution in [0.1, 0.15) is 41.5 Å². The number of benzene rings is 2. The zero-order valence-corrected chi connectivity index (χ0v) is 23.4. The highest BCUT2D eigenvalue weighted by molar-refractivity contribution is 5.99. The molecule has 3 rings (SSSR count). The Kier molecular flexibility index (Phi) is 11.1. The molecule has 3 aromatic rings. The Hall–Kier alpha value is -4.11. The second-order valence-electron chi connectivity index (χ2n) is 9.77. The van der Waals surface area contributed by atoms with Crippen LogP contribution in [0.15, 0.2) is 85.7 Å². The van der Waals surface area contributed by atoms with Gasteiger partial charge in [-0.05, 0) is 59.9 Å². The monoisotopic (exact) mass is 568 g/mol. The number of ether oxygens (including phenoxy) is 1. The molecule has 0 unspecified atom stereocenters. The molecule has 0 radical (unpaired) electrons. The highest BCUT2D eigenvalue weighted by atomic mass is 19.4. The number of nitrogens with zero attached hydrogens (tertiary/aromatic N) is 2. The lowest BCUT2D eigenvalue weighted by molar-refractivity contribution is -0.122. The van der Waals surface area contributed by atoms with Crippen molar-refractivity contribution in [2.45, 2.75) is 25.4 Å². The Morgan fingerprint density at radius 1 is 0.976 bits per heavy atom. The van der Waals surface area contributed by atoms with E-state index in [-0.39, 0.29) is 22.4 Å². The molecule has 0 fully saturated rings. The van der Waals surface area contributed by atoms with Gasteiger partial charge in [0.25, 0.3) is 0 Å². The van der Waals surface area contributed by atoms with Crippen molar-refractivity contribution in [3.63, 3.8) is 0 Å². The number of nitrogen functional groups attached to an aromatic ring is 1. The molecule has 1 heterocycles. The molecule has 0 amide bonds. The molecule has 0 saturated heterocycles. The van der Waals surface area contributed by atoms with Crippen LogP contribution in [0.5, 0.6) is 5.88 Å². The Morgan fingerprint density at radius 3 is 2.29 bits per heavy atom. The average Bonchev–Trinajstić information content (AvgIpc) is 2.93. The first-order chi connectivity index (χ1) is 19.5. The topological polar surface area (TPSA) is 63.4 Å². The van der Waals surface area contributed by atoms with E-state index in [0.29, 0.717) is 35.7 Å². The van der Waals surface area contributed by atoms with Crippen molar-refractivity contribution in [1.29, 1.82) is 0 Å². The molecule has 0 spiro atoms. The molecule has 9 heteroatoms. The number of hydrogen-bond acceptors (Lipinski definition) is 5. The molecule has 0 aliphatic heterocycles. The third kappa shape index (κ3) is 9.49. The van der Waals surface area contributed by atoms with Gasteiger partial charge in [-0.15, -0.1) is 0 Å². The molecule has 0 bridgehead atoms. The van der Waals surface area contributed by atoms with E-state index in [2.05, 4.69) is 23.5 Å². The van der Waals surface area contributed by atoms with Crippen LogP contribution < -0.4 is 15.8 Å². The molecule has 41 heavy (non-hydrogen) atoms. The van der Waals surface area contributed by atoms with E-state index in [1.807, 2.05) is 19.0 Å². The van der Waals surface area contributed by atoms with Gasteiger partial charge in [-0.1, -0.05) is 49.6 Å². The fourth-order valence-electron chi connectivity index (χ4n) is 4.24. The summed E-state index contributed by atoms with van der Waals surface area (Å²) in [6, 6.07) is 16.0. The summed E-state index contributed by atoms with van der Waals surface area (Å²) in [5.74, 6) is -0.443. The van der Waals surface area contributed by atoms with Crippen LogP contribution in [0.4, 0.5) is 23.2 Å². The number of nitrogens with two attached hydrogens (primary N) is 1. The molecule has 2 aromatic carbocycles. The number of nitrogens with one attached hydrogen (secondary N) is 1. The highest BCUT2D eigenvalue weighted by Gasteiger charge is 2.31. The number of rotatable bonds is 14. The van der Waals surface area contributed by atoms with E-state index in [4.69, 9.17) is 10.5 Å². The average molecular weight is 569 g/mol. The summed E-state index contributed by atoms with van der Waals surface area (Å²) in [4.78, 5) is 6.35. The molecule has 0 atom stereocenters. The van der Waals surface area contributed by atoms with E-state index in [0.717, 1.165) is 25.1 Å². The molecule has 0 aliphatic carbocycles. The van der Waals surface area contributed by atoms with Gasteiger partial charge in [0.15, 0.2) is 0 Å². The van der Waals surface area contributed by atoms with Crippen molar-refractivity contribution in [3.05, 3.63) is 108 Å². The standard InChI is InChI=1S/C32H36F4N4O/c1-22(40(3)4)9-8-16-38-17-18-41-30-15-13-26(21-39-30)31(25-12-14-29(37)27(19-25)23(2)33)28(20-32(34,35)36)24-10-6-5-7-11-24/h5-7,10-15,19,21,38H,1-2,8-9,16-18,20,37H2,3-4H3/b31-28-. The quantitative estimate of drug-likeness (QED) is 0.0922. The van der Waals surface area contributed by atoms with Crippen molar-refractivity contribution < 1.29 is 22.3 Å². The van der Waals surface area contributed by atoms with Crippen LogP contribution >= 0.6 is 0 Å². The van der Waals surface area contributed by atoms with Crippen LogP contribution in [-0.2, 0) is 0 Å². The second kappa shape index (κ2) is 14.5. The summed E-state index contributed by atoms with van der Waals surface area (Å²) in [5, 5.41) is 3.30. The molecule has 3 N–H and O–H groups in total. The maximum Gasteiger partial charge on any atom is 0.393 e. The molecule has 0 aliphatic rings. The molecular formula is C32H36F4N4O. The van der Waals surface area contributed by atoms with Gasteiger partial charge in [0, 0.05) is 55.4 Å². The SMILES string of the molecule is C=C(F)c1cc(/C(=C(\CC(F)(F)F)c2ccccc2)c2ccc(OCCNCCCC(=C)N(C)C)nc2)ccc1N. The maximum atomic E-state index is 14.2. The Balaban J connectivity index is 1.88. The van der Waals surface area contributed by atoms with Crippen molar-refractivity contribution in [2.75, 3.05) is 39.5 Å². The summed E-state index contributed by atoms with van der Waals surface area (Å²) in [5.41, 5.74) is 8.57. The number of allylic oxidation sites excluding steroid dienone is 2. The third-order valence-corrected chi connectivity index (χ3v) is 6.44. The summed E-state index contributed by atoms with van der Waals surface area (Å²) >= 11 is 0. The van der Waals surface area contributed by atoms with E-state index < -0.39 is 18.4 Å². The van der Waals surface area contributed by atoms with Gasteiger partial charge in [-0.3, -0.25) is 0 Å². The first kappa shape index (κ1) is 31.4. The predicted octanol–water partition coefficient (Wildman–Crippen LogP) is 7.34. The fraction of sp³-hybridized carbons (Fsp3) is 0.281. The van der Waals surface area contributed by atoms with Crippen molar-refractivity contribution in [1.82, 2.24) is 15.2 Å². The maximum absolute atomic E-state index is 14.2. The lowest BCUT2D eigenvalue weighted by Gasteiger charge is -2.20. The number of aromatic nitrogens is 1. The molecule has 218 valence electrons. The van der Waals surface area contributed by atoms with Gasteiger partial charge < -0.3 is 20.7 Å². The smallest absolute Gasteiger partial charge is 0.393 e. The number of halogens is 4. The summed E-state index contributed by atoms with van der Waals surface area (Å²) in [7, 11) is 3.93. The Morgan fingerprint density at radius 2 is 1.68 bits per heavy atom. The number of anilines is 1. The van der Waals surface area contributed by atoms with Gasteiger partial charge in [0.05, 0.1) is 6.42 Å². The van der Waals surface area contributed by atoms with Crippen molar-refractivity contribution >= 4 is 22.7 Å². The Labute approximate surface area is 239 Å². The zero-order chi connectivity index (χ0) is 30.0. The van der Waals surface area contributed by atoms with Crippen LogP contribution in [0, 0.1) is 0 Å². The molecule has 1 aromatic heterocycles. The van der Waals surface area contributed by atoms with E-state index in [1.165, 1.54) is 18.3 Å². The molecular weight excluding hydrogens is 532 g/mol. The third-order valence-electron chi connectivity index (χ3n) is 6.44. The largest absolute Gasteiger partial charge is 0.476 e. The van der Waals surface area contributed by atoms with Gasteiger partial charge in [-0.2, -0.15) is 13.2 Å². The normalized spacial score (nSPS) is 12.0. The van der Waals surface area contributed by atoms with Crippen LogP contribution in [0.2, 0.25) is 0 Å². The molecule has 0 saturated carbocycles. The highest BCUT2D eigenvalue weighted by Crippen LogP contribution is 2.40. The minimum absolute atomic E-state index is 0.0193. The minimum atomic E-state index is -4.50. The first-order valence-corrected chi connectivity index (χ1v) is 13.2. The van der Waals surface area contributed by atoms with Crippen molar-refractivity contribution in [2.24, 2.45) is 0 Å². The second-order valence-corrected chi connectivity index (χ2v) is 9.77. The minimum Gasteiger partial charge on any atom is -0.476 e. The Bertz CT molecular complexity index is 1350.